The molecule has 1 aromatic heterocycles. The summed E-state index contributed by atoms with van der Waals surface area (Å²) < 4.78 is 7.03. The Labute approximate surface area is 322 Å². The van der Waals surface area contributed by atoms with Crippen molar-refractivity contribution in [2.75, 3.05) is 25.0 Å². The maximum atomic E-state index is 14.6. The minimum atomic E-state index is -0.806. The first kappa shape index (κ1) is 38.8. The fourth-order valence-electron chi connectivity index (χ4n) is 7.71. The maximum absolute atomic E-state index is 14.6. The Morgan fingerprint density at radius 3 is 2.24 bits per heavy atom. The SMILES string of the molecule is CC(C)(C)OC(=O)c1ccc(NC(=O)C2C(c3ccccc3)CC(C3CCN(C(C)(C)C)CC3)CN2C(=O)C=Cc2cc(Cl)ccc2-n2cnnn2)cc1. The number of amides is 2. The van der Waals surface area contributed by atoms with E-state index < -0.39 is 17.6 Å². The number of carbonyl (C=O) groups excluding carboxylic acids is 3. The molecule has 3 aromatic carbocycles. The third-order valence-electron chi connectivity index (χ3n) is 10.4. The average Bonchev–Trinajstić information content (AvgIpc) is 3.68. The molecule has 3 heterocycles. The van der Waals surface area contributed by atoms with Gasteiger partial charge in [-0.2, -0.15) is 4.68 Å². The van der Waals surface area contributed by atoms with Gasteiger partial charge in [-0.15, -0.1) is 5.10 Å². The Morgan fingerprint density at radius 1 is 0.907 bits per heavy atom. The average molecular weight is 752 g/mol. The lowest BCUT2D eigenvalue weighted by Crippen LogP contribution is -2.57. The number of hydrogen-bond donors (Lipinski definition) is 1. The highest BCUT2D eigenvalue weighted by atomic mass is 35.5. The molecule has 2 aliphatic rings. The molecule has 3 atom stereocenters. The second-order valence-electron chi connectivity index (χ2n) is 16.3. The molecule has 284 valence electrons. The third kappa shape index (κ3) is 9.43. The van der Waals surface area contributed by atoms with Crippen LogP contribution < -0.4 is 5.32 Å². The molecule has 0 aliphatic carbocycles. The molecule has 2 amide bonds. The molecule has 0 bridgehead atoms. The van der Waals surface area contributed by atoms with E-state index in [4.69, 9.17) is 16.3 Å². The van der Waals surface area contributed by atoms with Crippen molar-refractivity contribution in [2.24, 2.45) is 11.8 Å². The van der Waals surface area contributed by atoms with E-state index in [1.54, 1.807) is 53.4 Å². The lowest BCUT2D eigenvalue weighted by Gasteiger charge is -2.48. The Hall–Kier alpha value is -4.87. The third-order valence-corrected chi connectivity index (χ3v) is 10.7. The highest BCUT2D eigenvalue weighted by Gasteiger charge is 2.45. The summed E-state index contributed by atoms with van der Waals surface area (Å²) in [6.07, 6.45) is 7.53. The molecule has 2 aliphatic heterocycles. The predicted octanol–water partition coefficient (Wildman–Crippen LogP) is 7.43. The zero-order chi connectivity index (χ0) is 38.6. The van der Waals surface area contributed by atoms with Crippen LogP contribution in [0.15, 0.2) is 85.2 Å². The van der Waals surface area contributed by atoms with E-state index in [-0.39, 0.29) is 29.2 Å². The van der Waals surface area contributed by atoms with E-state index in [0.29, 0.717) is 40.0 Å². The van der Waals surface area contributed by atoms with E-state index in [9.17, 15) is 14.4 Å². The molecule has 12 heteroatoms. The van der Waals surface area contributed by atoms with Gasteiger partial charge >= 0.3 is 5.97 Å². The highest BCUT2D eigenvalue weighted by molar-refractivity contribution is 6.30. The van der Waals surface area contributed by atoms with Crippen LogP contribution in [0.2, 0.25) is 5.02 Å². The molecule has 2 saturated heterocycles. The molecule has 54 heavy (non-hydrogen) atoms. The number of carbonyl (C=O) groups is 3. The largest absolute Gasteiger partial charge is 0.456 e. The summed E-state index contributed by atoms with van der Waals surface area (Å²) in [7, 11) is 0. The number of aromatic nitrogens is 4. The van der Waals surface area contributed by atoms with Gasteiger partial charge in [0, 0.05) is 40.4 Å². The minimum absolute atomic E-state index is 0.0900. The summed E-state index contributed by atoms with van der Waals surface area (Å²) in [5.41, 5.74) is 2.67. The van der Waals surface area contributed by atoms with Crippen molar-refractivity contribution in [3.8, 4) is 5.69 Å². The Kier molecular flexibility index (Phi) is 11.7. The van der Waals surface area contributed by atoms with Crippen molar-refractivity contribution in [3.63, 3.8) is 0 Å². The van der Waals surface area contributed by atoms with Gasteiger partial charge in [-0.25, -0.2) is 4.79 Å². The van der Waals surface area contributed by atoms with Crippen LogP contribution in [0.25, 0.3) is 11.8 Å². The van der Waals surface area contributed by atoms with Crippen molar-refractivity contribution < 1.29 is 19.1 Å². The van der Waals surface area contributed by atoms with E-state index in [1.165, 1.54) is 17.1 Å². The first-order chi connectivity index (χ1) is 25.7. The zero-order valence-corrected chi connectivity index (χ0v) is 32.7. The Balaban J connectivity index is 1.33. The van der Waals surface area contributed by atoms with Crippen LogP contribution in [0.4, 0.5) is 5.69 Å². The van der Waals surface area contributed by atoms with Gasteiger partial charge < -0.3 is 15.0 Å². The Bertz CT molecular complexity index is 1940. The van der Waals surface area contributed by atoms with Crippen molar-refractivity contribution in [2.45, 2.75) is 83.9 Å². The van der Waals surface area contributed by atoms with Gasteiger partial charge in [-0.05, 0) is 150 Å². The fraction of sp³-hybridized carbons (Fsp3) is 0.429. The normalized spacial score (nSPS) is 20.2. The molecular weight excluding hydrogens is 702 g/mol. The first-order valence-electron chi connectivity index (χ1n) is 18.6. The summed E-state index contributed by atoms with van der Waals surface area (Å²) in [5, 5.41) is 15.1. The standard InChI is InChI=1S/C42H50ClN7O4/c1-41(2,3)48-22-20-28(21-23-48)32-25-35(29-10-8-7-9-11-29)38(39(52)45-34-16-12-30(13-17-34)40(53)54-42(4,5)6)49(26-32)37(51)19-14-31-24-33(43)15-18-36(31)50-27-44-46-47-50/h7-19,24,27-28,32,35,38H,20-23,25-26H2,1-6H3,(H,45,52). The van der Waals surface area contributed by atoms with Gasteiger partial charge in [0.1, 0.15) is 18.0 Å². The van der Waals surface area contributed by atoms with Gasteiger partial charge in [0.05, 0.1) is 11.3 Å². The summed E-state index contributed by atoms with van der Waals surface area (Å²) in [5.74, 6) is -0.688. The highest BCUT2D eigenvalue weighted by Crippen LogP contribution is 2.42. The summed E-state index contributed by atoms with van der Waals surface area (Å²) in [6.45, 7) is 14.6. The van der Waals surface area contributed by atoms with Crippen molar-refractivity contribution in [1.82, 2.24) is 30.0 Å². The molecule has 0 saturated carbocycles. The van der Waals surface area contributed by atoms with Gasteiger partial charge in [-0.1, -0.05) is 41.9 Å². The lowest BCUT2D eigenvalue weighted by molar-refractivity contribution is -0.139. The second-order valence-corrected chi connectivity index (χ2v) is 16.7. The number of hydrogen-bond acceptors (Lipinski definition) is 8. The van der Waals surface area contributed by atoms with Gasteiger partial charge in [0.25, 0.3) is 0 Å². The number of rotatable bonds is 8. The quantitative estimate of drug-likeness (QED) is 0.146. The number of likely N-dealkylation sites (tertiary alicyclic amines) is 2. The van der Waals surface area contributed by atoms with E-state index >= 15 is 0 Å². The molecule has 6 rings (SSSR count). The summed E-state index contributed by atoms with van der Waals surface area (Å²) in [4.78, 5) is 46.1. The van der Waals surface area contributed by atoms with Gasteiger partial charge in [0.2, 0.25) is 11.8 Å². The second kappa shape index (κ2) is 16.2. The number of anilines is 1. The van der Waals surface area contributed by atoms with Crippen LogP contribution in [0.5, 0.6) is 0 Å². The van der Waals surface area contributed by atoms with E-state index in [2.05, 4.69) is 46.5 Å². The van der Waals surface area contributed by atoms with Crippen LogP contribution in [-0.4, -0.2) is 84.6 Å². The number of nitrogens with zero attached hydrogens (tertiary/aromatic N) is 6. The molecular formula is C42H50ClN7O4. The van der Waals surface area contributed by atoms with Crippen LogP contribution >= 0.6 is 11.6 Å². The number of tetrazole rings is 1. The Morgan fingerprint density at radius 2 is 1.61 bits per heavy atom. The molecule has 2 fully saturated rings. The lowest BCUT2D eigenvalue weighted by atomic mass is 9.71. The number of piperidine rings is 2. The van der Waals surface area contributed by atoms with Gasteiger partial charge in [0.15, 0.2) is 0 Å². The minimum Gasteiger partial charge on any atom is -0.456 e. The first-order valence-corrected chi connectivity index (χ1v) is 19.0. The van der Waals surface area contributed by atoms with Gasteiger partial charge in [-0.3, -0.25) is 14.5 Å². The number of benzene rings is 3. The van der Waals surface area contributed by atoms with Crippen molar-refractivity contribution >= 4 is 41.1 Å². The fourth-order valence-corrected chi connectivity index (χ4v) is 7.89. The molecule has 1 N–H and O–H groups in total. The molecule has 0 spiro atoms. The van der Waals surface area contributed by atoms with Crippen molar-refractivity contribution in [1.29, 1.82) is 0 Å². The monoisotopic (exact) mass is 751 g/mol. The maximum Gasteiger partial charge on any atom is 0.338 e. The van der Waals surface area contributed by atoms with Crippen molar-refractivity contribution in [3.05, 3.63) is 107 Å². The zero-order valence-electron chi connectivity index (χ0n) is 31.9. The number of nitrogens with one attached hydrogen (secondary N) is 1. The smallest absolute Gasteiger partial charge is 0.338 e. The number of halogens is 1. The summed E-state index contributed by atoms with van der Waals surface area (Å²) >= 11 is 6.40. The predicted molar refractivity (Wildman–Crippen MR) is 210 cm³/mol. The molecule has 11 nitrogen and oxygen atoms in total. The van der Waals surface area contributed by atoms with Crippen LogP contribution in [0.1, 0.15) is 88.2 Å². The molecule has 0 radical (unpaired) electrons. The van der Waals surface area contributed by atoms with E-state index in [0.717, 1.165) is 37.9 Å². The molecule has 4 aromatic rings. The van der Waals surface area contributed by atoms with E-state index in [1.807, 2.05) is 51.1 Å². The summed E-state index contributed by atoms with van der Waals surface area (Å²) in [6, 6.07) is 21.2. The van der Waals surface area contributed by atoms with Crippen LogP contribution in [0.3, 0.4) is 0 Å². The number of esters is 1. The topological polar surface area (TPSA) is 123 Å². The van der Waals surface area contributed by atoms with Crippen LogP contribution in [-0.2, 0) is 14.3 Å². The molecule has 3 unspecified atom stereocenters. The number of ether oxygens (including phenoxy) is 1. The van der Waals surface area contributed by atoms with Crippen LogP contribution in [0, 0.1) is 11.8 Å².